The van der Waals surface area contributed by atoms with Crippen molar-refractivity contribution in [1.82, 2.24) is 0 Å². The van der Waals surface area contributed by atoms with E-state index >= 15 is 8.78 Å². The molecule has 4 aliphatic carbocycles. The van der Waals surface area contributed by atoms with Gasteiger partial charge in [-0.25, -0.2) is 0 Å². The van der Waals surface area contributed by atoms with Crippen LogP contribution in [0.3, 0.4) is 0 Å². The molecule has 4 fully saturated rings. The van der Waals surface area contributed by atoms with E-state index in [1.165, 1.54) is 6.92 Å². The summed E-state index contributed by atoms with van der Waals surface area (Å²) in [6.45, 7) is 6.29. The molecule has 1 aromatic rings. The van der Waals surface area contributed by atoms with Crippen LogP contribution in [0, 0.1) is 22.7 Å². The number of aliphatic hydroxyl groups excluding tert-OH is 1. The molecule has 3 saturated carbocycles. The van der Waals surface area contributed by atoms with Gasteiger partial charge in [0.15, 0.2) is 5.79 Å². The maximum absolute atomic E-state index is 15.2. The van der Waals surface area contributed by atoms with Gasteiger partial charge in [0, 0.05) is 29.6 Å². The standard InChI is InChI=1S/C32H41F5O5/c1-26(2)17-41-29(42-18-26)12-9-24-25-21(8-11-28(24,39)16-29)23-10-13-30(40,31(33,34)32(35,36)37)27(23,3)14-22(25)20-6-4-19(15-38)5-7-20/h4-7,21-23,38-40H,8-18H2,1-3H3/t21?,22-,23?,27+,28-,30+/m1/s1. The third-order valence-electron chi connectivity index (χ3n) is 11.5. The number of rotatable bonds is 3. The van der Waals surface area contributed by atoms with Crippen molar-refractivity contribution in [3.8, 4) is 0 Å². The summed E-state index contributed by atoms with van der Waals surface area (Å²) >= 11 is 0. The molecule has 1 aliphatic heterocycles. The first-order valence-electron chi connectivity index (χ1n) is 15.0. The number of hydrogen-bond acceptors (Lipinski definition) is 5. The summed E-state index contributed by atoms with van der Waals surface area (Å²) in [5.74, 6) is -7.75. The van der Waals surface area contributed by atoms with Gasteiger partial charge in [-0.05, 0) is 67.1 Å². The van der Waals surface area contributed by atoms with Gasteiger partial charge in [0.1, 0.15) is 5.60 Å². The van der Waals surface area contributed by atoms with Crippen molar-refractivity contribution in [2.24, 2.45) is 22.7 Å². The van der Waals surface area contributed by atoms with Crippen LogP contribution < -0.4 is 0 Å². The molecular weight excluding hydrogens is 559 g/mol. The van der Waals surface area contributed by atoms with E-state index < -0.39 is 52.8 Å². The van der Waals surface area contributed by atoms with Crippen LogP contribution in [0.15, 0.2) is 35.4 Å². The molecule has 3 N–H and O–H groups in total. The molecule has 5 nitrogen and oxygen atoms in total. The molecule has 0 radical (unpaired) electrons. The molecule has 42 heavy (non-hydrogen) atoms. The minimum absolute atomic E-state index is 0.0416. The average molecular weight is 601 g/mol. The van der Waals surface area contributed by atoms with Gasteiger partial charge in [0.2, 0.25) is 0 Å². The Bertz CT molecular complexity index is 1250. The lowest BCUT2D eigenvalue weighted by molar-refractivity contribution is -0.362. The summed E-state index contributed by atoms with van der Waals surface area (Å²) in [5.41, 5.74) is -3.32. The van der Waals surface area contributed by atoms with E-state index in [1.807, 2.05) is 13.8 Å². The molecule has 1 heterocycles. The number of fused-ring (bicyclic) bond motifs is 4. The van der Waals surface area contributed by atoms with Gasteiger partial charge < -0.3 is 24.8 Å². The zero-order valence-electron chi connectivity index (χ0n) is 24.4. The molecule has 234 valence electrons. The van der Waals surface area contributed by atoms with E-state index in [1.54, 1.807) is 24.3 Å². The highest BCUT2D eigenvalue weighted by atomic mass is 19.4. The SMILES string of the molecule is CC1(C)COC2(CCC3=C4C(CC[C@@]3(O)C2)C2CC[C@@](O)(C(F)(F)C(F)(F)F)[C@@]2(C)C[C@@H]4c2ccc(CO)cc2)OC1. The van der Waals surface area contributed by atoms with Gasteiger partial charge in [-0.3, -0.25) is 0 Å². The van der Waals surface area contributed by atoms with E-state index in [4.69, 9.17) is 9.47 Å². The van der Waals surface area contributed by atoms with E-state index in [9.17, 15) is 28.5 Å². The second-order valence-corrected chi connectivity index (χ2v) is 14.6. The van der Waals surface area contributed by atoms with Crippen LogP contribution in [0.25, 0.3) is 0 Å². The Balaban J connectivity index is 1.45. The van der Waals surface area contributed by atoms with Gasteiger partial charge in [0.25, 0.3) is 0 Å². The fourth-order valence-corrected chi connectivity index (χ4v) is 9.16. The molecule has 2 unspecified atom stereocenters. The van der Waals surface area contributed by atoms with Crippen LogP contribution in [-0.4, -0.2) is 57.6 Å². The Labute approximate surface area is 243 Å². The Kier molecular flexibility index (Phi) is 6.85. The molecule has 0 aromatic heterocycles. The summed E-state index contributed by atoms with van der Waals surface area (Å²) in [7, 11) is 0. The van der Waals surface area contributed by atoms with Crippen molar-refractivity contribution < 1.29 is 46.7 Å². The van der Waals surface area contributed by atoms with Crippen molar-refractivity contribution in [2.45, 2.75) is 114 Å². The number of allylic oxidation sites excluding steroid dienone is 1. The van der Waals surface area contributed by atoms with Crippen molar-refractivity contribution >= 4 is 0 Å². The molecule has 1 aromatic carbocycles. The highest BCUT2D eigenvalue weighted by molar-refractivity contribution is 5.44. The summed E-state index contributed by atoms with van der Waals surface area (Å²) < 4.78 is 84.2. The van der Waals surface area contributed by atoms with Crippen molar-refractivity contribution in [1.29, 1.82) is 0 Å². The van der Waals surface area contributed by atoms with Crippen LogP contribution in [-0.2, 0) is 16.1 Å². The number of benzene rings is 1. The van der Waals surface area contributed by atoms with Gasteiger partial charge in [0.05, 0.1) is 25.4 Å². The van der Waals surface area contributed by atoms with E-state index in [0.717, 1.165) is 11.1 Å². The summed E-state index contributed by atoms with van der Waals surface area (Å²) in [6.07, 6.45) is -4.71. The molecular formula is C32H41F5O5. The third kappa shape index (κ3) is 4.25. The minimum atomic E-state index is -5.89. The second kappa shape index (κ2) is 9.46. The molecule has 10 heteroatoms. The first-order valence-corrected chi connectivity index (χ1v) is 15.0. The van der Waals surface area contributed by atoms with E-state index in [0.29, 0.717) is 50.0 Å². The normalized spacial score (nSPS) is 39.5. The molecule has 0 bridgehead atoms. The molecule has 0 amide bonds. The second-order valence-electron chi connectivity index (χ2n) is 14.6. The number of hydrogen-bond donors (Lipinski definition) is 3. The number of halogens is 5. The Morgan fingerprint density at radius 3 is 2.14 bits per heavy atom. The van der Waals surface area contributed by atoms with Gasteiger partial charge in [-0.1, -0.05) is 50.6 Å². The van der Waals surface area contributed by atoms with E-state index in [2.05, 4.69) is 0 Å². The Morgan fingerprint density at radius 2 is 1.55 bits per heavy atom. The predicted molar refractivity (Wildman–Crippen MR) is 143 cm³/mol. The monoisotopic (exact) mass is 600 g/mol. The lowest BCUT2D eigenvalue weighted by Crippen LogP contribution is -2.65. The van der Waals surface area contributed by atoms with Gasteiger partial charge in [-0.2, -0.15) is 22.0 Å². The minimum Gasteiger partial charge on any atom is -0.392 e. The smallest absolute Gasteiger partial charge is 0.392 e. The molecule has 1 spiro atoms. The number of ether oxygens (including phenoxy) is 2. The van der Waals surface area contributed by atoms with Gasteiger partial charge in [-0.15, -0.1) is 0 Å². The summed E-state index contributed by atoms with van der Waals surface area (Å²) in [6, 6.07) is 6.97. The van der Waals surface area contributed by atoms with Crippen molar-refractivity contribution in [3.63, 3.8) is 0 Å². The molecule has 6 atom stereocenters. The topological polar surface area (TPSA) is 79.2 Å². The maximum Gasteiger partial charge on any atom is 0.456 e. The maximum atomic E-state index is 15.2. The number of alkyl halides is 5. The average Bonchev–Trinajstić information content (AvgIpc) is 3.20. The lowest BCUT2D eigenvalue weighted by Gasteiger charge is -2.59. The first-order chi connectivity index (χ1) is 19.4. The third-order valence-corrected chi connectivity index (χ3v) is 11.5. The summed E-state index contributed by atoms with van der Waals surface area (Å²) in [4.78, 5) is 0. The number of aliphatic hydroxyl groups is 3. The fourth-order valence-electron chi connectivity index (χ4n) is 9.16. The van der Waals surface area contributed by atoms with Gasteiger partial charge >= 0.3 is 12.1 Å². The van der Waals surface area contributed by atoms with Crippen LogP contribution in [0.5, 0.6) is 0 Å². The zero-order valence-corrected chi connectivity index (χ0v) is 24.4. The van der Waals surface area contributed by atoms with Crippen LogP contribution in [0.4, 0.5) is 22.0 Å². The van der Waals surface area contributed by atoms with Crippen LogP contribution in [0.1, 0.15) is 89.2 Å². The largest absolute Gasteiger partial charge is 0.456 e. The van der Waals surface area contributed by atoms with Crippen LogP contribution in [0.2, 0.25) is 0 Å². The zero-order chi connectivity index (χ0) is 30.6. The lowest BCUT2D eigenvalue weighted by atomic mass is 9.49. The molecule has 6 rings (SSSR count). The molecule has 5 aliphatic rings. The fraction of sp³-hybridized carbons (Fsp3) is 0.750. The van der Waals surface area contributed by atoms with Crippen molar-refractivity contribution in [2.75, 3.05) is 13.2 Å². The van der Waals surface area contributed by atoms with Crippen molar-refractivity contribution in [3.05, 3.63) is 46.5 Å². The Hall–Kier alpha value is -1.59. The van der Waals surface area contributed by atoms with E-state index in [-0.39, 0.29) is 37.2 Å². The summed E-state index contributed by atoms with van der Waals surface area (Å²) in [5, 5.41) is 33.2. The first kappa shape index (κ1) is 30.4. The highest BCUT2D eigenvalue weighted by Gasteiger charge is 2.79. The molecule has 1 saturated heterocycles. The Morgan fingerprint density at radius 1 is 0.905 bits per heavy atom. The van der Waals surface area contributed by atoms with Crippen LogP contribution >= 0.6 is 0 Å². The quantitative estimate of drug-likeness (QED) is 0.277. The predicted octanol–water partition coefficient (Wildman–Crippen LogP) is 6.40. The highest BCUT2D eigenvalue weighted by Crippen LogP contribution is 2.71.